The molecule has 35 heavy (non-hydrogen) atoms. The van der Waals surface area contributed by atoms with Crippen molar-refractivity contribution in [2.75, 3.05) is 13.1 Å². The number of aromatic nitrogens is 2. The van der Waals surface area contributed by atoms with Crippen molar-refractivity contribution in [2.24, 2.45) is 17.6 Å². The highest BCUT2D eigenvalue weighted by Crippen LogP contribution is 2.32. The zero-order chi connectivity index (χ0) is 24.6. The summed E-state index contributed by atoms with van der Waals surface area (Å²) in [6, 6.07) is 19.3. The Morgan fingerprint density at radius 3 is 2.31 bits per heavy atom. The molecule has 3 atom stereocenters. The predicted octanol–water partition coefficient (Wildman–Crippen LogP) is 2.93. The zero-order valence-electron chi connectivity index (χ0n) is 20.2. The van der Waals surface area contributed by atoms with Gasteiger partial charge in [-0.05, 0) is 48.3 Å². The summed E-state index contributed by atoms with van der Waals surface area (Å²) in [6.45, 7) is 2.67. The Kier molecular flexibility index (Phi) is 8.32. The normalized spacial score (nSPS) is 16.8. The van der Waals surface area contributed by atoms with Gasteiger partial charge in [0.2, 0.25) is 11.8 Å². The summed E-state index contributed by atoms with van der Waals surface area (Å²) in [5.74, 6) is -0.679. The van der Waals surface area contributed by atoms with Crippen LogP contribution in [-0.2, 0) is 22.4 Å². The average Bonchev–Trinajstić information content (AvgIpc) is 3.37. The Labute approximate surface area is 206 Å². The van der Waals surface area contributed by atoms with Gasteiger partial charge in [0.05, 0.1) is 12.1 Å². The number of benzene rings is 2. The molecule has 1 aromatic heterocycles. The first kappa shape index (κ1) is 24.7. The molecule has 1 aliphatic carbocycles. The molecule has 0 radical (unpaired) electrons. The van der Waals surface area contributed by atoms with Gasteiger partial charge in [-0.1, -0.05) is 67.6 Å². The van der Waals surface area contributed by atoms with E-state index in [1.54, 1.807) is 0 Å². The fraction of sp³-hybridized carbons (Fsp3) is 0.393. The molecule has 0 saturated heterocycles. The maximum atomic E-state index is 13.5. The lowest BCUT2D eigenvalue weighted by Crippen LogP contribution is -2.51. The van der Waals surface area contributed by atoms with Gasteiger partial charge in [0, 0.05) is 24.7 Å². The van der Waals surface area contributed by atoms with Gasteiger partial charge < -0.3 is 16.4 Å². The first-order valence-corrected chi connectivity index (χ1v) is 12.5. The average molecular weight is 474 g/mol. The van der Waals surface area contributed by atoms with Crippen LogP contribution in [0, 0.1) is 11.8 Å². The minimum Gasteiger partial charge on any atom is -0.354 e. The van der Waals surface area contributed by atoms with E-state index in [0.717, 1.165) is 30.4 Å². The van der Waals surface area contributed by atoms with Crippen molar-refractivity contribution in [3.63, 3.8) is 0 Å². The predicted molar refractivity (Wildman–Crippen MR) is 137 cm³/mol. The van der Waals surface area contributed by atoms with E-state index in [1.165, 1.54) is 11.3 Å². The van der Waals surface area contributed by atoms with Gasteiger partial charge in [-0.3, -0.25) is 14.7 Å². The molecule has 4 rings (SSSR count). The molecule has 5 N–H and O–H groups in total. The van der Waals surface area contributed by atoms with Gasteiger partial charge in [0.25, 0.3) is 0 Å². The molecule has 1 heterocycles. The molecule has 0 saturated carbocycles. The second kappa shape index (κ2) is 11.8. The highest BCUT2D eigenvalue weighted by molar-refractivity contribution is 5.89. The van der Waals surface area contributed by atoms with Gasteiger partial charge in [0.1, 0.15) is 6.04 Å². The number of carbonyl (C=O) groups excluding carboxylic acids is 2. The third-order valence-corrected chi connectivity index (χ3v) is 7.04. The van der Waals surface area contributed by atoms with Crippen molar-refractivity contribution in [3.8, 4) is 0 Å². The summed E-state index contributed by atoms with van der Waals surface area (Å²) in [4.78, 5) is 26.5. The van der Waals surface area contributed by atoms with Crippen molar-refractivity contribution in [3.05, 3.63) is 89.2 Å². The lowest BCUT2D eigenvalue weighted by Gasteiger charge is -2.28. The Bertz CT molecular complexity index is 1060. The van der Waals surface area contributed by atoms with Gasteiger partial charge in [-0.2, -0.15) is 5.10 Å². The SMILES string of the molecule is CCC(NC(=O)C(CN)C(c1ccccc1)c1ccccc1)C(=O)NCC1CCc2[nH]ncc2C1. The highest BCUT2D eigenvalue weighted by atomic mass is 16.2. The van der Waals surface area contributed by atoms with E-state index in [0.29, 0.717) is 18.9 Å². The van der Waals surface area contributed by atoms with Crippen molar-refractivity contribution in [2.45, 2.75) is 44.6 Å². The van der Waals surface area contributed by atoms with Gasteiger partial charge in [-0.25, -0.2) is 0 Å². The van der Waals surface area contributed by atoms with Crippen molar-refractivity contribution < 1.29 is 9.59 Å². The molecular weight excluding hydrogens is 438 g/mol. The van der Waals surface area contributed by atoms with Crippen LogP contribution in [0.25, 0.3) is 0 Å². The van der Waals surface area contributed by atoms with Crippen molar-refractivity contribution in [1.29, 1.82) is 0 Å². The van der Waals surface area contributed by atoms with E-state index < -0.39 is 12.0 Å². The second-order valence-electron chi connectivity index (χ2n) is 9.34. The second-order valence-corrected chi connectivity index (χ2v) is 9.34. The number of rotatable bonds is 10. The van der Waals surface area contributed by atoms with E-state index in [2.05, 4.69) is 20.8 Å². The fourth-order valence-corrected chi connectivity index (χ4v) is 5.04. The molecule has 7 nitrogen and oxygen atoms in total. The number of H-pyrrole nitrogens is 1. The van der Waals surface area contributed by atoms with Crippen molar-refractivity contribution in [1.82, 2.24) is 20.8 Å². The summed E-state index contributed by atoms with van der Waals surface area (Å²) < 4.78 is 0. The van der Waals surface area contributed by atoms with E-state index in [1.807, 2.05) is 73.8 Å². The van der Waals surface area contributed by atoms with Gasteiger partial charge >= 0.3 is 0 Å². The maximum absolute atomic E-state index is 13.5. The topological polar surface area (TPSA) is 113 Å². The number of fused-ring (bicyclic) bond motifs is 1. The number of nitrogens with two attached hydrogens (primary N) is 1. The summed E-state index contributed by atoms with van der Waals surface area (Å²) in [7, 11) is 0. The van der Waals surface area contributed by atoms with Gasteiger partial charge in [0.15, 0.2) is 0 Å². The quantitative estimate of drug-likeness (QED) is 0.363. The lowest BCUT2D eigenvalue weighted by molar-refractivity contribution is -0.131. The first-order valence-electron chi connectivity index (χ1n) is 12.5. The van der Waals surface area contributed by atoms with Crippen LogP contribution in [0.4, 0.5) is 0 Å². The lowest BCUT2D eigenvalue weighted by atomic mass is 9.80. The summed E-state index contributed by atoms with van der Waals surface area (Å²) in [5.41, 5.74) is 10.6. The van der Waals surface area contributed by atoms with Crippen LogP contribution < -0.4 is 16.4 Å². The van der Waals surface area contributed by atoms with Gasteiger partial charge in [-0.15, -0.1) is 0 Å². The van der Waals surface area contributed by atoms with E-state index in [9.17, 15) is 9.59 Å². The fourth-order valence-electron chi connectivity index (χ4n) is 5.04. The van der Waals surface area contributed by atoms with E-state index in [4.69, 9.17) is 5.73 Å². The summed E-state index contributed by atoms with van der Waals surface area (Å²) in [5, 5.41) is 13.2. The molecule has 3 aromatic rings. The smallest absolute Gasteiger partial charge is 0.242 e. The van der Waals surface area contributed by atoms with Crippen LogP contribution in [0.3, 0.4) is 0 Å². The maximum Gasteiger partial charge on any atom is 0.242 e. The number of nitrogens with one attached hydrogen (secondary N) is 3. The third-order valence-electron chi connectivity index (χ3n) is 7.04. The Morgan fingerprint density at radius 2 is 1.71 bits per heavy atom. The molecule has 184 valence electrons. The molecule has 1 aliphatic rings. The number of carbonyl (C=O) groups is 2. The summed E-state index contributed by atoms with van der Waals surface area (Å²) >= 11 is 0. The van der Waals surface area contributed by atoms with Crippen LogP contribution in [0.15, 0.2) is 66.9 Å². The monoisotopic (exact) mass is 473 g/mol. The van der Waals surface area contributed by atoms with Crippen molar-refractivity contribution >= 4 is 11.8 Å². The van der Waals surface area contributed by atoms with E-state index in [-0.39, 0.29) is 24.3 Å². The van der Waals surface area contributed by atoms with Crippen LogP contribution in [-0.4, -0.2) is 41.1 Å². The number of aryl methyl sites for hydroxylation is 1. The number of hydrogen-bond acceptors (Lipinski definition) is 4. The molecule has 7 heteroatoms. The standard InChI is InChI=1S/C28H35N5O2/c1-2-24(28(35)30-17-19-13-14-25-22(15-19)18-31-33-25)32-27(34)23(16-29)26(20-9-5-3-6-10-20)21-11-7-4-8-12-21/h3-12,18-19,23-24,26H,2,13-17,29H2,1H3,(H,30,35)(H,31,33)(H,32,34). The molecular formula is C28H35N5O2. The van der Waals surface area contributed by atoms with Crippen LogP contribution in [0.1, 0.15) is 48.1 Å². The summed E-state index contributed by atoms with van der Waals surface area (Å²) in [6.07, 6.45) is 5.24. The minimum atomic E-state index is -0.600. The van der Waals surface area contributed by atoms with Crippen LogP contribution in [0.2, 0.25) is 0 Å². The van der Waals surface area contributed by atoms with Crippen LogP contribution >= 0.6 is 0 Å². The Morgan fingerprint density at radius 1 is 1.06 bits per heavy atom. The molecule has 0 spiro atoms. The third kappa shape index (κ3) is 5.98. The number of hydrogen-bond donors (Lipinski definition) is 4. The Hall–Kier alpha value is -3.45. The number of amides is 2. The molecule has 0 bridgehead atoms. The highest BCUT2D eigenvalue weighted by Gasteiger charge is 2.32. The molecule has 0 fully saturated rings. The Balaban J connectivity index is 1.42. The molecule has 2 aromatic carbocycles. The minimum absolute atomic E-state index is 0.148. The molecule has 3 unspecified atom stereocenters. The zero-order valence-corrected chi connectivity index (χ0v) is 20.2. The largest absolute Gasteiger partial charge is 0.354 e. The molecule has 2 amide bonds. The first-order chi connectivity index (χ1) is 17.1. The van der Waals surface area contributed by atoms with Crippen LogP contribution in [0.5, 0.6) is 0 Å². The number of aromatic amines is 1. The van der Waals surface area contributed by atoms with E-state index >= 15 is 0 Å². The molecule has 0 aliphatic heterocycles. The number of nitrogens with zero attached hydrogens (tertiary/aromatic N) is 1.